The molecule has 0 amide bonds. The molecule has 3 N–H and O–H groups in total. The SMILES string of the molecule is CCCCC[NH-].CCCCC[NH-].CCCCC[NH-].[O-]P([O-])(=S)[S-].[Zn+2].[Zn+2].[Zn+2]. The molecule has 0 unspecified atom stereocenters. The van der Waals surface area contributed by atoms with Crippen molar-refractivity contribution in [2.45, 2.75) is 78.6 Å². The van der Waals surface area contributed by atoms with Gasteiger partial charge in [-0.1, -0.05) is 78.6 Å². The van der Waals surface area contributed by atoms with E-state index < -0.39 is 5.69 Å². The van der Waals surface area contributed by atoms with Crippen LogP contribution in [0.5, 0.6) is 0 Å². The van der Waals surface area contributed by atoms with Gasteiger partial charge < -0.3 is 44.9 Å². The van der Waals surface area contributed by atoms with Crippen molar-refractivity contribution < 1.29 is 68.2 Å². The van der Waals surface area contributed by atoms with E-state index in [1.807, 2.05) is 0 Å². The molecule has 0 aromatic carbocycles. The van der Waals surface area contributed by atoms with Gasteiger partial charge >= 0.3 is 58.4 Å². The van der Waals surface area contributed by atoms with E-state index in [-0.39, 0.29) is 58.4 Å². The number of unbranched alkanes of at least 4 members (excludes halogenated alkanes) is 6. The van der Waals surface area contributed by atoms with Crippen molar-refractivity contribution in [1.82, 2.24) is 0 Å². The van der Waals surface area contributed by atoms with E-state index >= 15 is 0 Å². The summed E-state index contributed by atoms with van der Waals surface area (Å²) in [4.78, 5) is 18.6. The third kappa shape index (κ3) is 129. The molecule has 0 spiro atoms. The van der Waals surface area contributed by atoms with Crippen molar-refractivity contribution in [3.05, 3.63) is 17.2 Å². The minimum Gasteiger partial charge on any atom is -0.850 e. The first-order chi connectivity index (χ1) is 10.7. The summed E-state index contributed by atoms with van der Waals surface area (Å²) >= 11 is 7.28. The van der Waals surface area contributed by atoms with Gasteiger partial charge in [0.25, 0.3) is 0 Å². The average Bonchev–Trinajstić information content (AvgIpc) is 2.48. The van der Waals surface area contributed by atoms with Crippen LogP contribution < -0.4 is 9.79 Å². The van der Waals surface area contributed by atoms with Crippen LogP contribution in [-0.2, 0) is 82.5 Å². The van der Waals surface area contributed by atoms with Gasteiger partial charge in [0.15, 0.2) is 0 Å². The molecule has 0 aliphatic rings. The quantitative estimate of drug-likeness (QED) is 0.162. The molecule has 0 fully saturated rings. The predicted octanol–water partition coefficient (Wildman–Crippen LogP) is 5.16. The second-order valence-electron chi connectivity index (χ2n) is 4.82. The molecule has 0 radical (unpaired) electrons. The summed E-state index contributed by atoms with van der Waals surface area (Å²) in [6.45, 7) is 8.26. The summed E-state index contributed by atoms with van der Waals surface area (Å²) in [5.41, 5.74) is 16.4. The van der Waals surface area contributed by atoms with Gasteiger partial charge in [-0.15, -0.1) is 0 Å². The third-order valence-electron chi connectivity index (χ3n) is 2.34. The van der Waals surface area contributed by atoms with Gasteiger partial charge in [0.1, 0.15) is 0 Å². The van der Waals surface area contributed by atoms with Gasteiger partial charge in [-0.05, 0) is 0 Å². The van der Waals surface area contributed by atoms with Gasteiger partial charge in [-0.2, -0.15) is 31.4 Å². The molecule has 0 bridgehead atoms. The first kappa shape index (κ1) is 46.7. The Morgan fingerprint density at radius 2 is 0.808 bits per heavy atom. The zero-order valence-corrected chi connectivity index (χ0v) is 28.6. The van der Waals surface area contributed by atoms with Gasteiger partial charge in [-0.25, -0.2) is 0 Å². The summed E-state index contributed by atoms with van der Waals surface area (Å²) in [7, 11) is 0. The van der Waals surface area contributed by atoms with Crippen LogP contribution in [0.3, 0.4) is 0 Å². The normalized spacial score (nSPS) is 8.50. The molecule has 0 heterocycles. The molecule has 0 aromatic rings. The Labute approximate surface area is 211 Å². The number of hydrogen-bond donors (Lipinski definition) is 0. The largest absolute Gasteiger partial charge is 2.00 e. The molecule has 11 heteroatoms. The summed E-state index contributed by atoms with van der Waals surface area (Å²) in [6, 6.07) is 0. The number of nitrogens with one attached hydrogen (secondary N) is 3. The average molecular weight is 582 g/mol. The maximum Gasteiger partial charge on any atom is 2.00 e. The number of hydrogen-bond acceptors (Lipinski definition) is 4. The Kier molecular flexibility index (Phi) is 82.8. The Morgan fingerprint density at radius 1 is 0.654 bits per heavy atom. The molecule has 0 aliphatic carbocycles. The molecule has 5 nitrogen and oxygen atoms in total. The van der Waals surface area contributed by atoms with E-state index in [9.17, 15) is 9.79 Å². The van der Waals surface area contributed by atoms with Gasteiger partial charge in [0.2, 0.25) is 0 Å². The Balaban J connectivity index is -0.0000000357. The summed E-state index contributed by atoms with van der Waals surface area (Å²) in [6.07, 6.45) is 10.6. The van der Waals surface area contributed by atoms with E-state index in [1.165, 1.54) is 38.5 Å². The van der Waals surface area contributed by atoms with Crippen molar-refractivity contribution in [1.29, 1.82) is 0 Å². The van der Waals surface area contributed by atoms with Crippen molar-refractivity contribution in [2.75, 3.05) is 19.6 Å². The van der Waals surface area contributed by atoms with Gasteiger partial charge in [0, 0.05) is 0 Å². The molecular formula is C15H36N3O2PS2Zn3. The van der Waals surface area contributed by atoms with Crippen molar-refractivity contribution in [2.24, 2.45) is 0 Å². The van der Waals surface area contributed by atoms with Gasteiger partial charge in [0.05, 0.1) is 0 Å². The molecule has 0 saturated heterocycles. The molecular weight excluding hydrogens is 545 g/mol. The van der Waals surface area contributed by atoms with Crippen LogP contribution >= 0.6 is 5.69 Å². The van der Waals surface area contributed by atoms with Crippen LogP contribution in [0.1, 0.15) is 78.6 Å². The van der Waals surface area contributed by atoms with E-state index in [1.54, 1.807) is 0 Å². The van der Waals surface area contributed by atoms with Crippen LogP contribution in [0, 0.1) is 0 Å². The van der Waals surface area contributed by atoms with E-state index in [0.717, 1.165) is 19.3 Å². The zero-order valence-electron chi connectivity index (χ0n) is 17.2. The maximum absolute atomic E-state index is 9.29. The number of rotatable bonds is 9. The molecule has 146 valence electrons. The molecule has 26 heavy (non-hydrogen) atoms. The Hall–Kier alpha value is 2.67. The van der Waals surface area contributed by atoms with E-state index in [4.69, 9.17) is 17.2 Å². The van der Waals surface area contributed by atoms with E-state index in [0.29, 0.717) is 19.6 Å². The fraction of sp³-hybridized carbons (Fsp3) is 1.00. The maximum atomic E-state index is 9.29. The smallest absolute Gasteiger partial charge is 0.850 e. The van der Waals surface area contributed by atoms with E-state index in [2.05, 4.69) is 44.8 Å². The molecule has 0 rings (SSSR count). The molecule has 0 saturated carbocycles. The second-order valence-corrected chi connectivity index (χ2v) is 9.29. The summed E-state index contributed by atoms with van der Waals surface area (Å²) < 4.78 is 0. The summed E-state index contributed by atoms with van der Waals surface area (Å²) in [5.74, 6) is 0. The van der Waals surface area contributed by atoms with Crippen molar-refractivity contribution >= 4 is 29.7 Å². The minimum atomic E-state index is -3.72. The van der Waals surface area contributed by atoms with Crippen LogP contribution in [0.2, 0.25) is 0 Å². The second kappa shape index (κ2) is 46.1. The predicted molar refractivity (Wildman–Crippen MR) is 108 cm³/mol. The zero-order chi connectivity index (χ0) is 19.0. The van der Waals surface area contributed by atoms with Crippen molar-refractivity contribution in [3.63, 3.8) is 0 Å². The van der Waals surface area contributed by atoms with Gasteiger partial charge in [-0.3, -0.25) is 0 Å². The minimum absolute atomic E-state index is 0. The molecule has 0 aliphatic heterocycles. The van der Waals surface area contributed by atoms with Crippen LogP contribution in [0.15, 0.2) is 0 Å². The monoisotopic (exact) mass is 577 g/mol. The van der Waals surface area contributed by atoms with Crippen molar-refractivity contribution in [3.8, 4) is 0 Å². The fourth-order valence-electron chi connectivity index (χ4n) is 1.12. The van der Waals surface area contributed by atoms with Crippen LogP contribution in [-0.4, -0.2) is 19.6 Å². The third-order valence-corrected chi connectivity index (χ3v) is 2.34. The van der Waals surface area contributed by atoms with Crippen LogP contribution in [0.4, 0.5) is 0 Å². The standard InChI is InChI=1S/3C5H12N.H3O2PS2.3Zn/c3*1-2-3-4-5-6;1-3(2,4)5;;;/h3*6H,2-5H2,1H3;(H3,1,2,4,5);;;/q3*-1;;3*+2/p-3. The summed E-state index contributed by atoms with van der Waals surface area (Å²) in [5, 5.41) is 0. The molecule has 0 atom stereocenters. The first-order valence-electron chi connectivity index (χ1n) is 8.41. The fourth-order valence-corrected chi connectivity index (χ4v) is 1.12. The topological polar surface area (TPSA) is 118 Å². The Bertz CT molecular complexity index is 195. The molecule has 0 aromatic heterocycles. The first-order valence-corrected chi connectivity index (χ1v) is 12.1. The Morgan fingerprint density at radius 3 is 0.846 bits per heavy atom. The van der Waals surface area contributed by atoms with Crippen LogP contribution in [0.25, 0.3) is 17.2 Å².